The van der Waals surface area contributed by atoms with E-state index >= 15 is 0 Å². The van der Waals surface area contributed by atoms with E-state index in [4.69, 9.17) is 9.47 Å². The van der Waals surface area contributed by atoms with E-state index in [0.717, 1.165) is 64.2 Å². The maximum atomic E-state index is 12.3. The minimum absolute atomic E-state index is 0.113. The van der Waals surface area contributed by atoms with Crippen LogP contribution in [0.4, 0.5) is 0 Å². The van der Waals surface area contributed by atoms with E-state index in [1.54, 1.807) is 6.20 Å². The van der Waals surface area contributed by atoms with Crippen LogP contribution in [-0.4, -0.2) is 71.7 Å². The Kier molecular flexibility index (Phi) is 5.01. The molecule has 4 heterocycles. The van der Waals surface area contributed by atoms with Gasteiger partial charge in [0, 0.05) is 45.4 Å². The predicted octanol–water partition coefficient (Wildman–Crippen LogP) is 1.45. The number of hydrogen-bond acceptors (Lipinski definition) is 5. The van der Waals surface area contributed by atoms with Gasteiger partial charge in [-0.1, -0.05) is 6.07 Å². The predicted molar refractivity (Wildman–Crippen MR) is 93.0 cm³/mol. The van der Waals surface area contributed by atoms with Gasteiger partial charge in [0.1, 0.15) is 0 Å². The Morgan fingerprint density at radius 3 is 2.92 bits per heavy atom. The molecule has 1 atom stereocenters. The molecule has 0 saturated carbocycles. The number of amides is 1. The Hall–Kier alpha value is -1.50. The Balaban J connectivity index is 1.22. The zero-order valence-corrected chi connectivity index (χ0v) is 14.7. The van der Waals surface area contributed by atoms with Gasteiger partial charge in [0.2, 0.25) is 5.91 Å². The molecule has 3 aliphatic heterocycles. The third-order valence-corrected chi connectivity index (χ3v) is 5.48. The molecular weight excluding hydrogens is 318 g/mol. The summed E-state index contributed by atoms with van der Waals surface area (Å²) in [6.07, 6.45) is 6.15. The number of aromatic nitrogens is 1. The van der Waals surface area contributed by atoms with Crippen LogP contribution in [0.5, 0.6) is 0 Å². The molecule has 6 nitrogen and oxygen atoms in total. The molecule has 3 saturated heterocycles. The van der Waals surface area contributed by atoms with Crippen LogP contribution < -0.4 is 0 Å². The van der Waals surface area contributed by atoms with Crippen molar-refractivity contribution >= 4 is 5.91 Å². The number of hydrogen-bond donors (Lipinski definition) is 0. The summed E-state index contributed by atoms with van der Waals surface area (Å²) in [5.41, 5.74) is 0.854. The Bertz CT molecular complexity index is 583. The lowest BCUT2D eigenvalue weighted by Crippen LogP contribution is -2.67. The summed E-state index contributed by atoms with van der Waals surface area (Å²) in [6.45, 7) is 5.37. The molecule has 0 aromatic carbocycles. The van der Waals surface area contributed by atoms with Crippen molar-refractivity contribution in [3.05, 3.63) is 30.1 Å². The Labute approximate surface area is 149 Å². The number of likely N-dealkylation sites (tertiary alicyclic amines) is 2. The quantitative estimate of drug-likeness (QED) is 0.809. The summed E-state index contributed by atoms with van der Waals surface area (Å²) < 4.78 is 12.1. The molecule has 25 heavy (non-hydrogen) atoms. The van der Waals surface area contributed by atoms with Gasteiger partial charge in [-0.25, -0.2) is 0 Å². The van der Waals surface area contributed by atoms with E-state index in [9.17, 15) is 4.79 Å². The van der Waals surface area contributed by atoms with Crippen molar-refractivity contribution in [3.63, 3.8) is 0 Å². The summed E-state index contributed by atoms with van der Waals surface area (Å²) in [6, 6.07) is 5.89. The molecule has 3 aliphatic rings. The van der Waals surface area contributed by atoms with Gasteiger partial charge >= 0.3 is 0 Å². The lowest BCUT2D eigenvalue weighted by molar-refractivity contribution is -0.199. The van der Waals surface area contributed by atoms with Crippen LogP contribution in [-0.2, 0) is 20.9 Å². The number of ether oxygens (including phenoxy) is 2. The second-order valence-corrected chi connectivity index (χ2v) is 7.51. The number of nitrogens with zero attached hydrogens (tertiary/aromatic N) is 3. The fraction of sp³-hybridized carbons (Fsp3) is 0.684. The fourth-order valence-electron chi connectivity index (χ4n) is 4.17. The van der Waals surface area contributed by atoms with Crippen LogP contribution in [0.2, 0.25) is 0 Å². The highest BCUT2D eigenvalue weighted by Crippen LogP contribution is 2.35. The molecule has 4 rings (SSSR count). The average molecular weight is 345 g/mol. The maximum absolute atomic E-state index is 12.3. The van der Waals surface area contributed by atoms with Crippen molar-refractivity contribution in [2.45, 2.75) is 44.0 Å². The third kappa shape index (κ3) is 4.02. The molecule has 1 aromatic heterocycles. The summed E-state index contributed by atoms with van der Waals surface area (Å²) in [5.74, 6) is 0.270. The lowest BCUT2D eigenvalue weighted by Gasteiger charge is -2.53. The van der Waals surface area contributed by atoms with Crippen molar-refractivity contribution in [1.82, 2.24) is 14.8 Å². The van der Waals surface area contributed by atoms with Crippen molar-refractivity contribution in [3.8, 4) is 0 Å². The molecule has 3 fully saturated rings. The molecule has 1 unspecified atom stereocenters. The maximum Gasteiger partial charge on any atom is 0.236 e. The molecular formula is C19H27N3O3. The zero-order chi connectivity index (χ0) is 17.1. The summed E-state index contributed by atoms with van der Waals surface area (Å²) in [4.78, 5) is 20.8. The number of rotatable bonds is 5. The fourth-order valence-corrected chi connectivity index (χ4v) is 4.17. The van der Waals surface area contributed by atoms with Gasteiger partial charge in [0.25, 0.3) is 0 Å². The van der Waals surface area contributed by atoms with Crippen molar-refractivity contribution in [2.75, 3.05) is 39.3 Å². The van der Waals surface area contributed by atoms with E-state index in [1.807, 2.05) is 23.1 Å². The topological polar surface area (TPSA) is 54.9 Å². The molecule has 136 valence electrons. The Morgan fingerprint density at radius 1 is 1.32 bits per heavy atom. The minimum Gasteiger partial charge on any atom is -0.372 e. The van der Waals surface area contributed by atoms with Gasteiger partial charge in [-0.05, 0) is 31.4 Å². The first kappa shape index (κ1) is 16.9. The first-order valence-electron chi connectivity index (χ1n) is 9.38. The minimum atomic E-state index is -0.113. The van der Waals surface area contributed by atoms with Crippen LogP contribution in [0.25, 0.3) is 0 Å². The van der Waals surface area contributed by atoms with E-state index in [1.165, 1.54) is 0 Å². The monoisotopic (exact) mass is 345 g/mol. The van der Waals surface area contributed by atoms with Gasteiger partial charge in [-0.3, -0.25) is 14.7 Å². The normalized spacial score (nSPS) is 25.9. The highest BCUT2D eigenvalue weighted by molar-refractivity contribution is 5.78. The molecule has 1 aromatic rings. The van der Waals surface area contributed by atoms with Crippen LogP contribution >= 0.6 is 0 Å². The second-order valence-electron chi connectivity index (χ2n) is 7.51. The standard InChI is InChI=1S/C19H27N3O3/c23-18(22-8-3-4-9-22)12-21-14-19(15-21)11-17(6-10-25-19)24-13-16-5-1-2-7-20-16/h1-2,5,7,17H,3-4,6,8-15H2. The third-order valence-electron chi connectivity index (χ3n) is 5.48. The molecule has 0 bridgehead atoms. The highest BCUT2D eigenvalue weighted by atomic mass is 16.5. The molecule has 1 amide bonds. The van der Waals surface area contributed by atoms with Crippen LogP contribution in [0.3, 0.4) is 0 Å². The summed E-state index contributed by atoms with van der Waals surface area (Å²) in [5, 5.41) is 0. The smallest absolute Gasteiger partial charge is 0.236 e. The van der Waals surface area contributed by atoms with Crippen molar-refractivity contribution in [1.29, 1.82) is 0 Å². The van der Waals surface area contributed by atoms with E-state index < -0.39 is 0 Å². The number of pyridine rings is 1. The molecule has 0 aliphatic carbocycles. The molecule has 1 spiro atoms. The first-order valence-corrected chi connectivity index (χ1v) is 9.38. The van der Waals surface area contributed by atoms with E-state index in [2.05, 4.69) is 9.88 Å². The van der Waals surface area contributed by atoms with E-state index in [0.29, 0.717) is 13.2 Å². The van der Waals surface area contributed by atoms with Gasteiger partial charge in [-0.15, -0.1) is 0 Å². The summed E-state index contributed by atoms with van der Waals surface area (Å²) in [7, 11) is 0. The molecule has 6 heteroatoms. The largest absolute Gasteiger partial charge is 0.372 e. The van der Waals surface area contributed by atoms with Crippen molar-refractivity contribution < 1.29 is 14.3 Å². The van der Waals surface area contributed by atoms with Gasteiger partial charge in [-0.2, -0.15) is 0 Å². The van der Waals surface area contributed by atoms with Crippen molar-refractivity contribution in [2.24, 2.45) is 0 Å². The lowest BCUT2D eigenvalue weighted by atomic mass is 9.84. The van der Waals surface area contributed by atoms with E-state index in [-0.39, 0.29) is 17.6 Å². The summed E-state index contributed by atoms with van der Waals surface area (Å²) >= 11 is 0. The van der Waals surface area contributed by atoms with Gasteiger partial charge < -0.3 is 14.4 Å². The first-order chi connectivity index (χ1) is 12.2. The zero-order valence-electron chi connectivity index (χ0n) is 14.7. The SMILES string of the molecule is O=C(CN1CC2(CC(OCc3ccccn3)CCO2)C1)N1CCCC1. The number of carbonyl (C=O) groups excluding carboxylic acids is 1. The second kappa shape index (κ2) is 7.40. The highest BCUT2D eigenvalue weighted by Gasteiger charge is 2.48. The van der Waals surface area contributed by atoms with Crippen LogP contribution in [0.1, 0.15) is 31.4 Å². The van der Waals surface area contributed by atoms with Crippen LogP contribution in [0, 0.1) is 0 Å². The molecule has 0 radical (unpaired) electrons. The molecule has 0 N–H and O–H groups in total. The van der Waals surface area contributed by atoms with Gasteiger partial charge in [0.15, 0.2) is 0 Å². The average Bonchev–Trinajstić information content (AvgIpc) is 3.15. The van der Waals surface area contributed by atoms with Gasteiger partial charge in [0.05, 0.1) is 30.6 Å². The number of carbonyl (C=O) groups is 1. The van der Waals surface area contributed by atoms with Crippen LogP contribution in [0.15, 0.2) is 24.4 Å². The Morgan fingerprint density at radius 2 is 2.16 bits per heavy atom.